The summed E-state index contributed by atoms with van der Waals surface area (Å²) in [5.41, 5.74) is 34.0. The molecule has 548 valence electrons. The van der Waals surface area contributed by atoms with Gasteiger partial charge in [-0.05, 0) is 261 Å². The lowest BCUT2D eigenvalue weighted by molar-refractivity contribution is 1.33. The normalized spacial score (nSPS) is 11.2. The second-order valence-electron chi connectivity index (χ2n) is 31.2. The summed E-state index contributed by atoms with van der Waals surface area (Å²) < 4.78 is 0. The highest BCUT2D eigenvalue weighted by Gasteiger charge is 2.23. The van der Waals surface area contributed by atoms with E-state index in [0.29, 0.717) is 0 Å². The summed E-state index contributed by atoms with van der Waals surface area (Å²) in [7, 11) is 0. The van der Waals surface area contributed by atoms with Gasteiger partial charge in [-0.3, -0.25) is 0 Å². The van der Waals surface area contributed by atoms with E-state index < -0.39 is 0 Å². The largest absolute Gasteiger partial charge is 0.0620 e. The summed E-state index contributed by atoms with van der Waals surface area (Å²) in [5.74, 6) is 0. The minimum absolute atomic E-state index is 1.27. The highest BCUT2D eigenvalue weighted by molar-refractivity contribution is 6.25. The number of hydrogen-bond donors (Lipinski definition) is 0. The van der Waals surface area contributed by atoms with E-state index in [1.165, 1.54) is 231 Å². The number of rotatable bonds is 8. The molecule has 114 heavy (non-hydrogen) atoms. The lowest BCUT2D eigenvalue weighted by atomic mass is 9.83. The highest BCUT2D eigenvalue weighted by atomic mass is 14.3. The maximum Gasteiger partial charge on any atom is -0.00210 e. The Bertz CT molecular complexity index is 6660. The lowest BCUT2D eigenvalue weighted by Gasteiger charge is -2.20. The molecule has 0 N–H and O–H groups in total. The molecule has 0 aromatic heterocycles. The van der Waals surface area contributed by atoms with E-state index in [1.54, 1.807) is 0 Å². The molecule has 0 spiro atoms. The number of aryl methyl sites for hydroxylation is 10. The molecule has 0 unspecified atom stereocenters. The topological polar surface area (TPSA) is 0 Å². The summed E-state index contributed by atoms with van der Waals surface area (Å²) in [4.78, 5) is 0. The second-order valence-corrected chi connectivity index (χ2v) is 31.2. The van der Waals surface area contributed by atoms with Crippen molar-refractivity contribution in [3.8, 4) is 89.0 Å². The van der Waals surface area contributed by atoms with Gasteiger partial charge in [-0.2, -0.15) is 0 Å². The van der Waals surface area contributed by atoms with Crippen LogP contribution in [0.1, 0.15) is 55.6 Å². The zero-order chi connectivity index (χ0) is 78.1. The van der Waals surface area contributed by atoms with Crippen molar-refractivity contribution in [2.45, 2.75) is 69.2 Å². The van der Waals surface area contributed by atoms with Gasteiger partial charge < -0.3 is 0 Å². The third-order valence-electron chi connectivity index (χ3n) is 23.1. The summed E-state index contributed by atoms with van der Waals surface area (Å²) in [6.45, 7) is 21.7. The Morgan fingerprint density at radius 3 is 0.561 bits per heavy atom. The number of hydrogen-bond acceptors (Lipinski definition) is 0. The van der Waals surface area contributed by atoms with Gasteiger partial charge in [0.05, 0.1) is 0 Å². The van der Waals surface area contributed by atoms with E-state index in [0.717, 1.165) is 0 Å². The Labute approximate surface area is 671 Å². The predicted octanol–water partition coefficient (Wildman–Crippen LogP) is 32.4. The lowest BCUT2D eigenvalue weighted by Crippen LogP contribution is -1.95. The van der Waals surface area contributed by atoms with E-state index in [2.05, 4.69) is 445 Å². The molecule has 20 aromatic rings. The average molecular weight is 1460 g/mol. The molecule has 0 amide bonds. The second kappa shape index (κ2) is 31.7. The molecule has 0 saturated heterocycles. The van der Waals surface area contributed by atoms with Crippen LogP contribution < -0.4 is 0 Å². The fraction of sp³-hybridized carbons (Fsp3) is 0.0877. The Kier molecular flexibility index (Phi) is 20.4. The van der Waals surface area contributed by atoms with E-state index in [-0.39, 0.29) is 0 Å². The summed E-state index contributed by atoms with van der Waals surface area (Å²) in [6, 6.07) is 137. The van der Waals surface area contributed by atoms with Crippen LogP contribution in [0, 0.1) is 69.2 Å². The predicted molar refractivity (Wildman–Crippen MR) is 497 cm³/mol. The molecule has 0 aliphatic rings. The van der Waals surface area contributed by atoms with Crippen LogP contribution in [0.15, 0.2) is 376 Å². The molecule has 0 saturated carbocycles. The molecule has 20 rings (SSSR count). The highest BCUT2D eigenvalue weighted by Crippen LogP contribution is 2.50. The maximum atomic E-state index is 2.31. The maximum absolute atomic E-state index is 2.31. The summed E-state index contributed by atoms with van der Waals surface area (Å²) >= 11 is 0. The molecule has 0 atom stereocenters. The Hall–Kier alpha value is -13.5. The average Bonchev–Trinajstić information content (AvgIpc) is 0.758. The first-order valence-electron chi connectivity index (χ1n) is 40.0. The Morgan fingerprint density at radius 1 is 0.114 bits per heavy atom. The third-order valence-corrected chi connectivity index (χ3v) is 23.1. The van der Waals surface area contributed by atoms with Crippen molar-refractivity contribution < 1.29 is 0 Å². The zero-order valence-electron chi connectivity index (χ0n) is 66.8. The Morgan fingerprint density at radius 2 is 0.325 bits per heavy atom. The standard InChI is InChI=1S/C30H26.3C28H22/c1-19-13-15-23(16-14-19)29-24-9-5-7-11-26(24)30(27-12-8-6-10-25(27)29)28-21(3)17-20(2)18-22(28)4;1-19-14-16-21(17-15-19)27-23-10-3-5-12-25(23)28(22-9-7-8-20(2)18-22)26-13-6-4-11-24(26)27;1-19-11-15-21(16-12-19)27-23-7-3-5-9-25(23)28(22-17-13-20(2)14-18-22)26-10-6-4-8-24(26)27;1-19-15-17-21(18-16-19)27-23-11-5-7-13-25(23)28(22-10-4-3-9-20(22)2)26-14-8-6-12-24(26)27/h5-18H,1-4H3;3*3-18H,1-2H3. The van der Waals surface area contributed by atoms with Gasteiger partial charge >= 0.3 is 0 Å². The quantitative estimate of drug-likeness (QED) is 0.133. The number of fused-ring (bicyclic) bond motifs is 8. The van der Waals surface area contributed by atoms with Crippen molar-refractivity contribution in [3.05, 3.63) is 432 Å². The van der Waals surface area contributed by atoms with Gasteiger partial charge in [0.2, 0.25) is 0 Å². The molecule has 0 nitrogen and oxygen atoms in total. The van der Waals surface area contributed by atoms with Crippen LogP contribution in [0.3, 0.4) is 0 Å². The monoisotopic (exact) mass is 1460 g/mol. The van der Waals surface area contributed by atoms with E-state index in [4.69, 9.17) is 0 Å². The molecule has 20 aromatic carbocycles. The molecule has 0 aliphatic heterocycles. The van der Waals surface area contributed by atoms with Gasteiger partial charge in [-0.15, -0.1) is 0 Å². The van der Waals surface area contributed by atoms with Crippen LogP contribution in [0.2, 0.25) is 0 Å². The van der Waals surface area contributed by atoms with Crippen molar-refractivity contribution in [1.29, 1.82) is 0 Å². The van der Waals surface area contributed by atoms with E-state index in [9.17, 15) is 0 Å². The summed E-state index contributed by atoms with van der Waals surface area (Å²) in [5, 5.41) is 21.0. The first-order valence-corrected chi connectivity index (χ1v) is 40.0. The molecule has 0 aliphatic carbocycles. The molecule has 0 heteroatoms. The smallest absolute Gasteiger partial charge is 0.00210 e. The Balaban J connectivity index is 0.000000110. The fourth-order valence-corrected chi connectivity index (χ4v) is 17.8. The van der Waals surface area contributed by atoms with Crippen molar-refractivity contribution >= 4 is 86.2 Å². The fourth-order valence-electron chi connectivity index (χ4n) is 17.8. The molecular formula is C114H92. The van der Waals surface area contributed by atoms with Crippen molar-refractivity contribution in [2.24, 2.45) is 0 Å². The van der Waals surface area contributed by atoms with E-state index >= 15 is 0 Å². The van der Waals surface area contributed by atoms with Gasteiger partial charge in [0.1, 0.15) is 0 Å². The van der Waals surface area contributed by atoms with Gasteiger partial charge in [-0.1, -0.05) is 415 Å². The van der Waals surface area contributed by atoms with Crippen molar-refractivity contribution in [2.75, 3.05) is 0 Å². The van der Waals surface area contributed by atoms with Crippen LogP contribution in [-0.2, 0) is 0 Å². The van der Waals surface area contributed by atoms with Gasteiger partial charge in [0, 0.05) is 0 Å². The minimum atomic E-state index is 1.27. The molecule has 0 fully saturated rings. The first kappa shape index (κ1) is 73.3. The third kappa shape index (κ3) is 14.1. The van der Waals surface area contributed by atoms with Crippen LogP contribution in [0.4, 0.5) is 0 Å². The van der Waals surface area contributed by atoms with Gasteiger partial charge in [-0.25, -0.2) is 0 Å². The van der Waals surface area contributed by atoms with Gasteiger partial charge in [0.15, 0.2) is 0 Å². The zero-order valence-corrected chi connectivity index (χ0v) is 66.8. The van der Waals surface area contributed by atoms with Crippen LogP contribution in [0.5, 0.6) is 0 Å². The van der Waals surface area contributed by atoms with Crippen LogP contribution in [-0.4, -0.2) is 0 Å². The minimum Gasteiger partial charge on any atom is -0.0620 e. The first-order chi connectivity index (χ1) is 55.7. The van der Waals surface area contributed by atoms with E-state index in [1.807, 2.05) is 0 Å². The SMILES string of the molecule is Cc1ccc(-c2c3ccccc3c(-c3c(C)cc(C)cc3C)c3ccccc23)cc1.Cc1ccc(-c2c3ccccc3c(-c3ccc(C)cc3)c3ccccc23)cc1.Cc1ccc(-c2c3ccccc3c(-c3cccc(C)c3)c3ccccc23)cc1.Cc1ccc(-c2c3ccccc3c(-c3ccccc3C)c3ccccc23)cc1. The number of benzene rings is 20. The van der Waals surface area contributed by atoms with Crippen molar-refractivity contribution in [3.63, 3.8) is 0 Å². The molecule has 0 radical (unpaired) electrons. The molecule has 0 bridgehead atoms. The van der Waals surface area contributed by atoms with Crippen molar-refractivity contribution in [1.82, 2.24) is 0 Å². The van der Waals surface area contributed by atoms with Crippen LogP contribution >= 0.6 is 0 Å². The van der Waals surface area contributed by atoms with Gasteiger partial charge in [0.25, 0.3) is 0 Å². The molecular weight excluding hydrogens is 1370 g/mol. The molecule has 0 heterocycles. The van der Waals surface area contributed by atoms with Crippen LogP contribution in [0.25, 0.3) is 175 Å². The summed E-state index contributed by atoms with van der Waals surface area (Å²) in [6.07, 6.45) is 0.